The molecule has 0 bridgehead atoms. The van der Waals surface area contributed by atoms with Crippen LogP contribution in [0.1, 0.15) is 34.1 Å². The lowest BCUT2D eigenvalue weighted by Gasteiger charge is -2.33. The van der Waals surface area contributed by atoms with E-state index >= 15 is 0 Å². The Bertz CT molecular complexity index is 370. The zero-order valence-corrected chi connectivity index (χ0v) is 10.7. The van der Waals surface area contributed by atoms with Crippen LogP contribution in [0.2, 0.25) is 0 Å². The van der Waals surface area contributed by atoms with Crippen molar-refractivity contribution in [3.8, 4) is 0 Å². The molecule has 0 aromatic heterocycles. The molecule has 94 valence electrons. The molecule has 1 atom stereocenters. The van der Waals surface area contributed by atoms with Gasteiger partial charge in [-0.2, -0.15) is 12.7 Å². The monoisotopic (exact) mass is 251 g/mol. The molecular formula is C9H17NO5S. The minimum absolute atomic E-state index is 0.1000. The van der Waals surface area contributed by atoms with Gasteiger partial charge in [-0.25, -0.2) is 4.79 Å². The van der Waals surface area contributed by atoms with Gasteiger partial charge in [-0.3, -0.25) is 4.18 Å². The maximum atomic E-state index is 11.7. The van der Waals surface area contributed by atoms with E-state index in [2.05, 4.69) is 4.18 Å². The van der Waals surface area contributed by atoms with Crippen molar-refractivity contribution < 1.29 is 22.1 Å². The van der Waals surface area contributed by atoms with Crippen molar-refractivity contribution in [3.63, 3.8) is 0 Å². The summed E-state index contributed by atoms with van der Waals surface area (Å²) in [5, 5.41) is 0. The molecule has 0 radical (unpaired) electrons. The van der Waals surface area contributed by atoms with Crippen LogP contribution in [0, 0.1) is 0 Å². The number of rotatable bonds is 0. The van der Waals surface area contributed by atoms with Crippen molar-refractivity contribution in [2.24, 2.45) is 0 Å². The van der Waals surface area contributed by atoms with Gasteiger partial charge >= 0.3 is 16.4 Å². The first-order valence-electron chi connectivity index (χ1n) is 5.05. The molecule has 1 aliphatic rings. The molecule has 0 aliphatic carbocycles. The average molecular weight is 251 g/mol. The quantitative estimate of drug-likeness (QED) is 0.648. The van der Waals surface area contributed by atoms with Crippen LogP contribution in [-0.2, 0) is 19.2 Å². The van der Waals surface area contributed by atoms with Crippen LogP contribution in [0.4, 0.5) is 4.79 Å². The zero-order valence-electron chi connectivity index (χ0n) is 9.89. The highest BCUT2D eigenvalue weighted by atomic mass is 32.2. The number of hydrogen-bond donors (Lipinski definition) is 0. The van der Waals surface area contributed by atoms with E-state index in [0.717, 1.165) is 0 Å². The van der Waals surface area contributed by atoms with Gasteiger partial charge in [0.1, 0.15) is 5.60 Å². The molecule has 0 aromatic carbocycles. The van der Waals surface area contributed by atoms with Gasteiger partial charge in [-0.1, -0.05) is 0 Å². The lowest BCUT2D eigenvalue weighted by atomic mass is 10.2. The second-order valence-electron chi connectivity index (χ2n) is 4.69. The van der Waals surface area contributed by atoms with E-state index in [0.29, 0.717) is 10.7 Å². The number of carbonyl (C=O) groups is 1. The van der Waals surface area contributed by atoms with Crippen LogP contribution in [0.15, 0.2) is 0 Å². The summed E-state index contributed by atoms with van der Waals surface area (Å²) in [7, 11) is -3.99. The van der Waals surface area contributed by atoms with Crippen molar-refractivity contribution in [1.82, 2.24) is 4.31 Å². The van der Waals surface area contributed by atoms with Crippen LogP contribution < -0.4 is 0 Å². The number of nitrogens with zero attached hydrogens (tertiary/aromatic N) is 1. The van der Waals surface area contributed by atoms with Gasteiger partial charge in [-0.15, -0.1) is 0 Å². The van der Waals surface area contributed by atoms with Crippen molar-refractivity contribution in [2.75, 3.05) is 6.61 Å². The SMILES string of the molecule is CC1CCOS(=O)(=O)N1C(=O)OC(C)(C)C. The summed E-state index contributed by atoms with van der Waals surface area (Å²) in [4.78, 5) is 11.7. The molecule has 0 saturated carbocycles. The first kappa shape index (κ1) is 13.2. The highest BCUT2D eigenvalue weighted by molar-refractivity contribution is 7.84. The zero-order chi connectivity index (χ0) is 12.6. The van der Waals surface area contributed by atoms with E-state index in [-0.39, 0.29) is 6.61 Å². The van der Waals surface area contributed by atoms with Gasteiger partial charge in [0.15, 0.2) is 0 Å². The standard InChI is InChI=1S/C9H17NO5S/c1-7-5-6-14-16(12,13)10(7)8(11)15-9(2,3)4/h7H,5-6H2,1-4H3. The Balaban J connectivity index is 2.88. The summed E-state index contributed by atoms with van der Waals surface area (Å²) in [5.41, 5.74) is -0.732. The molecule has 0 spiro atoms. The Morgan fingerprint density at radius 1 is 1.44 bits per heavy atom. The summed E-state index contributed by atoms with van der Waals surface area (Å²) < 4.78 is 33.3. The summed E-state index contributed by atoms with van der Waals surface area (Å²) in [5.74, 6) is 0. The Kier molecular flexibility index (Phi) is 3.49. The van der Waals surface area contributed by atoms with Gasteiger partial charge in [-0.05, 0) is 34.1 Å². The molecule has 1 rings (SSSR count). The molecule has 6 nitrogen and oxygen atoms in total. The molecular weight excluding hydrogens is 234 g/mol. The minimum Gasteiger partial charge on any atom is -0.443 e. The second kappa shape index (κ2) is 4.21. The van der Waals surface area contributed by atoms with E-state index in [1.54, 1.807) is 27.7 Å². The fourth-order valence-corrected chi connectivity index (χ4v) is 2.48. The lowest BCUT2D eigenvalue weighted by molar-refractivity contribution is 0.0272. The second-order valence-corrected chi connectivity index (χ2v) is 6.18. The fourth-order valence-electron chi connectivity index (χ4n) is 1.30. The van der Waals surface area contributed by atoms with E-state index in [4.69, 9.17) is 4.74 Å². The first-order valence-corrected chi connectivity index (χ1v) is 6.42. The van der Waals surface area contributed by atoms with Gasteiger partial charge in [0.25, 0.3) is 0 Å². The third-order valence-corrected chi connectivity index (χ3v) is 3.44. The van der Waals surface area contributed by atoms with Crippen LogP contribution in [0.25, 0.3) is 0 Å². The highest BCUT2D eigenvalue weighted by Crippen LogP contribution is 2.21. The van der Waals surface area contributed by atoms with Crippen molar-refractivity contribution >= 4 is 16.4 Å². The molecule has 0 aromatic rings. The van der Waals surface area contributed by atoms with Gasteiger partial charge in [0.2, 0.25) is 0 Å². The largest absolute Gasteiger partial charge is 0.443 e. The molecule has 1 aliphatic heterocycles. The van der Waals surface area contributed by atoms with E-state index in [9.17, 15) is 13.2 Å². The van der Waals surface area contributed by atoms with Crippen LogP contribution >= 0.6 is 0 Å². The van der Waals surface area contributed by atoms with Crippen molar-refractivity contribution in [2.45, 2.75) is 45.8 Å². The Morgan fingerprint density at radius 2 is 2.00 bits per heavy atom. The summed E-state index contributed by atoms with van der Waals surface area (Å²) in [6.45, 7) is 6.76. The molecule has 1 saturated heterocycles. The highest BCUT2D eigenvalue weighted by Gasteiger charge is 2.39. The smallest absolute Gasteiger partial charge is 0.426 e. The van der Waals surface area contributed by atoms with Gasteiger partial charge in [0, 0.05) is 0 Å². The third-order valence-electron chi connectivity index (χ3n) is 1.98. The summed E-state index contributed by atoms with van der Waals surface area (Å²) in [6, 6.07) is -0.436. The molecule has 1 fully saturated rings. The van der Waals surface area contributed by atoms with E-state index in [1.807, 2.05) is 0 Å². The third kappa shape index (κ3) is 3.08. The normalized spacial score (nSPS) is 25.2. The Hall–Kier alpha value is -0.820. The minimum atomic E-state index is -3.99. The van der Waals surface area contributed by atoms with E-state index in [1.165, 1.54) is 0 Å². The molecule has 7 heteroatoms. The predicted octanol–water partition coefficient (Wildman–Crippen LogP) is 1.28. The summed E-state index contributed by atoms with van der Waals surface area (Å²) >= 11 is 0. The predicted molar refractivity (Wildman–Crippen MR) is 57.0 cm³/mol. The van der Waals surface area contributed by atoms with Crippen LogP contribution in [0.3, 0.4) is 0 Å². The molecule has 16 heavy (non-hydrogen) atoms. The molecule has 0 N–H and O–H groups in total. The van der Waals surface area contributed by atoms with Crippen LogP contribution in [-0.4, -0.2) is 37.1 Å². The number of amides is 1. The van der Waals surface area contributed by atoms with Gasteiger partial charge in [0.05, 0.1) is 12.6 Å². The molecule has 1 heterocycles. The fraction of sp³-hybridized carbons (Fsp3) is 0.889. The first-order chi connectivity index (χ1) is 7.13. The topological polar surface area (TPSA) is 72.9 Å². The Morgan fingerprint density at radius 3 is 2.44 bits per heavy atom. The van der Waals surface area contributed by atoms with Crippen molar-refractivity contribution in [1.29, 1.82) is 0 Å². The Labute approximate surface area is 95.8 Å². The number of hydrogen-bond acceptors (Lipinski definition) is 5. The van der Waals surface area contributed by atoms with Gasteiger partial charge < -0.3 is 4.74 Å². The number of carbonyl (C=O) groups excluding carboxylic acids is 1. The summed E-state index contributed by atoms with van der Waals surface area (Å²) in [6.07, 6.45) is -0.418. The lowest BCUT2D eigenvalue weighted by Crippen LogP contribution is -2.49. The van der Waals surface area contributed by atoms with Crippen LogP contribution in [0.5, 0.6) is 0 Å². The van der Waals surface area contributed by atoms with E-state index < -0.39 is 28.0 Å². The average Bonchev–Trinajstić information content (AvgIpc) is 1.97. The maximum Gasteiger partial charge on any atom is 0.426 e. The molecule has 1 amide bonds. The molecule has 1 unspecified atom stereocenters. The van der Waals surface area contributed by atoms with Crippen molar-refractivity contribution in [3.05, 3.63) is 0 Å². The maximum absolute atomic E-state index is 11.7. The number of ether oxygens (including phenoxy) is 1.